The van der Waals surface area contributed by atoms with E-state index < -0.39 is 10.0 Å². The molecule has 10 nitrogen and oxygen atoms in total. The number of sulfonamides is 1. The number of nitrogens with one attached hydrogen (secondary N) is 1. The van der Waals surface area contributed by atoms with E-state index in [4.69, 9.17) is 9.47 Å². The van der Waals surface area contributed by atoms with E-state index in [2.05, 4.69) is 15.3 Å². The van der Waals surface area contributed by atoms with Crippen molar-refractivity contribution in [1.82, 2.24) is 18.8 Å². The molecule has 3 aromatic rings. The molecule has 0 unspecified atom stereocenters. The van der Waals surface area contributed by atoms with Crippen molar-refractivity contribution in [3.63, 3.8) is 0 Å². The first-order valence-corrected chi connectivity index (χ1v) is 11.6. The molecule has 160 valence electrons. The number of hydrogen-bond donors (Lipinski definition) is 1. The Labute approximate surface area is 177 Å². The summed E-state index contributed by atoms with van der Waals surface area (Å²) < 4.78 is 39.6. The van der Waals surface area contributed by atoms with Gasteiger partial charge in [0.1, 0.15) is 12.3 Å². The highest BCUT2D eigenvalue weighted by molar-refractivity contribution is 7.89. The number of rotatable bonds is 7. The number of anilines is 1. The molecule has 0 atom stereocenters. The van der Waals surface area contributed by atoms with Gasteiger partial charge in [0.15, 0.2) is 10.2 Å². The van der Waals surface area contributed by atoms with E-state index in [1.54, 1.807) is 0 Å². The SMILES string of the molecule is CCOc1ccc2nc(NC(=O)Cn3cnc(S(=O)(=O)N4CCOCC4)c3)sc2c1. The number of morpholine rings is 1. The minimum Gasteiger partial charge on any atom is -0.494 e. The Morgan fingerprint density at radius 2 is 2.13 bits per heavy atom. The van der Waals surface area contributed by atoms with Crippen LogP contribution in [0.4, 0.5) is 5.13 Å². The maximum absolute atomic E-state index is 12.6. The van der Waals surface area contributed by atoms with Gasteiger partial charge in [0.25, 0.3) is 10.0 Å². The highest BCUT2D eigenvalue weighted by Crippen LogP contribution is 2.29. The third kappa shape index (κ3) is 4.46. The third-order valence-corrected chi connectivity index (χ3v) is 7.15. The van der Waals surface area contributed by atoms with Gasteiger partial charge in [-0.3, -0.25) is 4.79 Å². The monoisotopic (exact) mass is 451 g/mol. The molecule has 1 saturated heterocycles. The summed E-state index contributed by atoms with van der Waals surface area (Å²) in [5, 5.41) is 3.13. The highest BCUT2D eigenvalue weighted by atomic mass is 32.2. The molecular formula is C18H21N5O5S2. The van der Waals surface area contributed by atoms with Crippen molar-refractivity contribution in [2.45, 2.75) is 18.5 Å². The number of imidazole rings is 1. The average molecular weight is 452 g/mol. The maximum atomic E-state index is 12.6. The van der Waals surface area contributed by atoms with E-state index in [0.717, 1.165) is 16.0 Å². The van der Waals surface area contributed by atoms with Crippen LogP contribution in [0.3, 0.4) is 0 Å². The van der Waals surface area contributed by atoms with Gasteiger partial charge in [-0.1, -0.05) is 11.3 Å². The van der Waals surface area contributed by atoms with Gasteiger partial charge in [0.05, 0.1) is 36.4 Å². The van der Waals surface area contributed by atoms with Gasteiger partial charge in [0.2, 0.25) is 5.91 Å². The molecule has 1 fully saturated rings. The summed E-state index contributed by atoms with van der Waals surface area (Å²) >= 11 is 1.34. The number of carbonyl (C=O) groups is 1. The average Bonchev–Trinajstić information content (AvgIpc) is 3.35. The zero-order valence-corrected chi connectivity index (χ0v) is 17.9. The van der Waals surface area contributed by atoms with E-state index in [1.807, 2.05) is 25.1 Å². The van der Waals surface area contributed by atoms with Gasteiger partial charge in [-0.05, 0) is 25.1 Å². The fraction of sp³-hybridized carbons (Fsp3) is 0.389. The summed E-state index contributed by atoms with van der Waals surface area (Å²) in [6.07, 6.45) is 2.69. The lowest BCUT2D eigenvalue weighted by Gasteiger charge is -2.24. The fourth-order valence-electron chi connectivity index (χ4n) is 3.02. The third-order valence-electron chi connectivity index (χ3n) is 4.43. The lowest BCUT2D eigenvalue weighted by molar-refractivity contribution is -0.116. The minimum absolute atomic E-state index is 0.0776. The van der Waals surface area contributed by atoms with E-state index >= 15 is 0 Å². The number of hydrogen-bond acceptors (Lipinski definition) is 8. The first kappa shape index (κ1) is 20.7. The van der Waals surface area contributed by atoms with Gasteiger partial charge < -0.3 is 19.4 Å². The van der Waals surface area contributed by atoms with Crippen LogP contribution in [0.15, 0.2) is 35.7 Å². The molecule has 0 saturated carbocycles. The fourth-order valence-corrected chi connectivity index (χ4v) is 5.27. The second-order valence-electron chi connectivity index (χ2n) is 6.53. The molecule has 2 aromatic heterocycles. The summed E-state index contributed by atoms with van der Waals surface area (Å²) in [6.45, 7) is 3.70. The van der Waals surface area contributed by atoms with Crippen molar-refractivity contribution in [2.75, 3.05) is 38.2 Å². The van der Waals surface area contributed by atoms with Crippen LogP contribution < -0.4 is 10.1 Å². The summed E-state index contributed by atoms with van der Waals surface area (Å²) in [4.78, 5) is 20.8. The first-order chi connectivity index (χ1) is 14.5. The standard InChI is InChI=1S/C18H21N5O5S2/c1-2-28-13-3-4-14-15(9-13)29-18(20-14)21-16(24)10-22-11-17(19-12-22)30(25,26)23-5-7-27-8-6-23/h3-4,9,11-12H,2,5-8,10H2,1H3,(H,20,21,24). The van der Waals surface area contributed by atoms with Crippen LogP contribution in [-0.4, -0.2) is 66.1 Å². The number of thiazole rings is 1. The van der Waals surface area contributed by atoms with Gasteiger partial charge in [-0.15, -0.1) is 0 Å². The molecule has 30 heavy (non-hydrogen) atoms. The first-order valence-electron chi connectivity index (χ1n) is 9.38. The molecule has 0 bridgehead atoms. The van der Waals surface area contributed by atoms with Crippen LogP contribution in [0.5, 0.6) is 5.75 Å². The Bertz CT molecular complexity index is 1150. The van der Waals surface area contributed by atoms with E-state index in [9.17, 15) is 13.2 Å². The van der Waals surface area contributed by atoms with Crippen LogP contribution in [0.25, 0.3) is 10.2 Å². The van der Waals surface area contributed by atoms with Crippen LogP contribution in [0, 0.1) is 0 Å². The highest BCUT2D eigenvalue weighted by Gasteiger charge is 2.28. The number of aromatic nitrogens is 3. The number of amides is 1. The Kier molecular flexibility index (Phi) is 5.99. The molecule has 12 heteroatoms. The normalized spacial score (nSPS) is 15.4. The molecule has 0 spiro atoms. The summed E-state index contributed by atoms with van der Waals surface area (Å²) in [7, 11) is -3.69. The molecule has 1 aliphatic rings. The quantitative estimate of drug-likeness (QED) is 0.579. The van der Waals surface area contributed by atoms with E-state index in [1.165, 1.54) is 32.7 Å². The lowest BCUT2D eigenvalue weighted by Crippen LogP contribution is -2.40. The Morgan fingerprint density at radius 1 is 1.33 bits per heavy atom. The number of nitrogens with zero attached hydrogens (tertiary/aromatic N) is 4. The van der Waals surface area contributed by atoms with Crippen molar-refractivity contribution >= 4 is 42.6 Å². The topological polar surface area (TPSA) is 116 Å². The van der Waals surface area contributed by atoms with Crippen molar-refractivity contribution < 1.29 is 22.7 Å². The van der Waals surface area contributed by atoms with Crippen LogP contribution in [0.1, 0.15) is 6.92 Å². The van der Waals surface area contributed by atoms with Crippen molar-refractivity contribution in [3.05, 3.63) is 30.7 Å². The van der Waals surface area contributed by atoms with Gasteiger partial charge >= 0.3 is 0 Å². The van der Waals surface area contributed by atoms with E-state index in [0.29, 0.717) is 25.0 Å². The van der Waals surface area contributed by atoms with Crippen molar-refractivity contribution in [1.29, 1.82) is 0 Å². The zero-order chi connectivity index (χ0) is 21.1. The number of benzene rings is 1. The van der Waals surface area contributed by atoms with E-state index in [-0.39, 0.29) is 30.6 Å². The minimum atomic E-state index is -3.69. The predicted octanol–water partition coefficient (Wildman–Crippen LogP) is 1.55. The molecular weight excluding hydrogens is 430 g/mol. The molecule has 4 rings (SSSR count). The zero-order valence-electron chi connectivity index (χ0n) is 16.3. The predicted molar refractivity (Wildman–Crippen MR) is 111 cm³/mol. The Balaban J connectivity index is 1.41. The molecule has 0 radical (unpaired) electrons. The summed E-state index contributed by atoms with van der Waals surface area (Å²) in [5.74, 6) is 0.422. The number of ether oxygens (including phenoxy) is 2. The molecule has 1 aromatic carbocycles. The molecule has 1 N–H and O–H groups in total. The lowest BCUT2D eigenvalue weighted by atomic mass is 10.3. The molecule has 0 aliphatic carbocycles. The Morgan fingerprint density at radius 3 is 2.90 bits per heavy atom. The molecule has 1 aliphatic heterocycles. The van der Waals surface area contributed by atoms with Gasteiger partial charge in [-0.25, -0.2) is 18.4 Å². The van der Waals surface area contributed by atoms with Gasteiger partial charge in [-0.2, -0.15) is 4.31 Å². The van der Waals surface area contributed by atoms with Crippen LogP contribution in [-0.2, 0) is 26.1 Å². The van der Waals surface area contributed by atoms with Crippen LogP contribution in [0.2, 0.25) is 0 Å². The smallest absolute Gasteiger partial charge is 0.262 e. The number of fused-ring (bicyclic) bond motifs is 1. The largest absolute Gasteiger partial charge is 0.494 e. The van der Waals surface area contributed by atoms with Crippen molar-refractivity contribution in [3.8, 4) is 5.75 Å². The summed E-state index contributed by atoms with van der Waals surface area (Å²) in [6, 6.07) is 5.55. The van der Waals surface area contributed by atoms with Crippen molar-refractivity contribution in [2.24, 2.45) is 0 Å². The van der Waals surface area contributed by atoms with Gasteiger partial charge in [0, 0.05) is 19.3 Å². The van der Waals surface area contributed by atoms with Crippen LogP contribution >= 0.6 is 11.3 Å². The number of carbonyl (C=O) groups excluding carboxylic acids is 1. The molecule has 3 heterocycles. The maximum Gasteiger partial charge on any atom is 0.262 e. The second kappa shape index (κ2) is 8.68. The summed E-state index contributed by atoms with van der Waals surface area (Å²) in [5.41, 5.74) is 0.764. The molecule has 1 amide bonds. The second-order valence-corrected chi connectivity index (χ2v) is 9.45. The Hall–Kier alpha value is -2.54.